The van der Waals surface area contributed by atoms with Gasteiger partial charge in [-0.05, 0) is 18.9 Å². The number of pyridine rings is 1. The minimum absolute atomic E-state index is 0.0205. The summed E-state index contributed by atoms with van der Waals surface area (Å²) in [6, 6.07) is 4.83. The molecule has 1 aromatic rings. The minimum atomic E-state index is -0.781. The van der Waals surface area contributed by atoms with E-state index in [0.29, 0.717) is 32.5 Å². The van der Waals surface area contributed by atoms with E-state index < -0.39 is 5.60 Å². The fourth-order valence-corrected chi connectivity index (χ4v) is 2.88. The van der Waals surface area contributed by atoms with Crippen molar-refractivity contribution >= 4 is 5.91 Å². The van der Waals surface area contributed by atoms with Crippen molar-refractivity contribution in [2.75, 3.05) is 26.8 Å². The van der Waals surface area contributed by atoms with Gasteiger partial charge in [0.15, 0.2) is 0 Å². The number of carbonyl (C=O) groups is 1. The number of methoxy groups -OCH3 is 1. The molecule has 0 saturated carbocycles. The Morgan fingerprint density at radius 2 is 2.27 bits per heavy atom. The number of nitrogens with zero attached hydrogens (tertiary/aromatic N) is 2. The molecule has 1 fully saturated rings. The maximum atomic E-state index is 12.4. The lowest BCUT2D eigenvalue weighted by molar-refractivity contribution is -0.141. The summed E-state index contributed by atoms with van der Waals surface area (Å²) in [5.74, 6) is -0.109. The van der Waals surface area contributed by atoms with Crippen molar-refractivity contribution in [3.8, 4) is 0 Å². The summed E-state index contributed by atoms with van der Waals surface area (Å²) in [6.45, 7) is 3.51. The van der Waals surface area contributed by atoms with Crippen LogP contribution >= 0.6 is 0 Å². The van der Waals surface area contributed by atoms with Gasteiger partial charge >= 0.3 is 0 Å². The lowest BCUT2D eigenvalue weighted by Gasteiger charge is -2.43. The molecule has 0 aromatic carbocycles. The van der Waals surface area contributed by atoms with Crippen LogP contribution in [0.25, 0.3) is 0 Å². The quantitative estimate of drug-likeness (QED) is 0.859. The number of likely N-dealkylation sites (tertiary alicyclic amines) is 1. The van der Waals surface area contributed by atoms with Gasteiger partial charge in [-0.3, -0.25) is 9.59 Å². The van der Waals surface area contributed by atoms with E-state index in [1.54, 1.807) is 30.3 Å². The van der Waals surface area contributed by atoms with Crippen molar-refractivity contribution in [2.45, 2.75) is 31.9 Å². The first kappa shape index (κ1) is 16.7. The smallest absolute Gasteiger partial charge is 0.250 e. The number of rotatable bonds is 5. The first-order valence-corrected chi connectivity index (χ1v) is 7.61. The third-order valence-corrected chi connectivity index (χ3v) is 4.52. The molecule has 2 heterocycles. The van der Waals surface area contributed by atoms with E-state index in [4.69, 9.17) is 4.74 Å². The summed E-state index contributed by atoms with van der Waals surface area (Å²) in [7, 11) is 1.62. The van der Waals surface area contributed by atoms with Crippen LogP contribution in [0.15, 0.2) is 29.2 Å². The third kappa shape index (κ3) is 3.75. The number of aliphatic hydroxyl groups is 1. The van der Waals surface area contributed by atoms with E-state index in [1.165, 1.54) is 10.6 Å². The molecule has 0 unspecified atom stereocenters. The molecule has 22 heavy (non-hydrogen) atoms. The van der Waals surface area contributed by atoms with E-state index in [2.05, 4.69) is 0 Å². The molecule has 0 radical (unpaired) electrons. The lowest BCUT2D eigenvalue weighted by Crippen LogP contribution is -2.53. The summed E-state index contributed by atoms with van der Waals surface area (Å²) in [5.41, 5.74) is -0.964. The average molecular weight is 308 g/mol. The molecular formula is C16H24N2O4. The largest absolute Gasteiger partial charge is 0.389 e. The van der Waals surface area contributed by atoms with E-state index in [-0.39, 0.29) is 23.9 Å². The summed E-state index contributed by atoms with van der Waals surface area (Å²) in [6.07, 6.45) is 2.72. The zero-order valence-corrected chi connectivity index (χ0v) is 13.2. The van der Waals surface area contributed by atoms with Crippen LogP contribution in [0.5, 0.6) is 0 Å². The molecule has 0 bridgehead atoms. The number of carbonyl (C=O) groups excluding carboxylic acids is 1. The second-order valence-corrected chi connectivity index (χ2v) is 6.00. The SMILES string of the molecule is COCC[C@@]1(O)CCN(C(=O)Cn2ccccc2=O)C[C@@H]1C. The molecule has 6 heteroatoms. The Morgan fingerprint density at radius 3 is 2.91 bits per heavy atom. The molecule has 1 amide bonds. The van der Waals surface area contributed by atoms with Gasteiger partial charge in [0.25, 0.3) is 5.56 Å². The zero-order valence-electron chi connectivity index (χ0n) is 13.2. The normalized spacial score (nSPS) is 25.2. The Hall–Kier alpha value is -1.66. The Kier molecular flexibility index (Phi) is 5.37. The van der Waals surface area contributed by atoms with Crippen LogP contribution in [0.1, 0.15) is 19.8 Å². The number of amides is 1. The predicted octanol–water partition coefficient (Wildman–Crippen LogP) is 0.484. The third-order valence-electron chi connectivity index (χ3n) is 4.52. The van der Waals surface area contributed by atoms with Crippen molar-refractivity contribution in [1.82, 2.24) is 9.47 Å². The molecule has 0 spiro atoms. The molecule has 1 aromatic heterocycles. The van der Waals surface area contributed by atoms with Crippen molar-refractivity contribution in [3.63, 3.8) is 0 Å². The Bertz CT molecular complexity index is 571. The number of aromatic nitrogens is 1. The highest BCUT2D eigenvalue weighted by Gasteiger charge is 2.39. The van der Waals surface area contributed by atoms with Gasteiger partial charge < -0.3 is 19.3 Å². The van der Waals surface area contributed by atoms with Crippen LogP contribution in [0.2, 0.25) is 0 Å². The average Bonchev–Trinajstić information content (AvgIpc) is 2.50. The molecule has 1 N–H and O–H groups in total. The molecule has 1 aliphatic rings. The van der Waals surface area contributed by atoms with Gasteiger partial charge in [-0.1, -0.05) is 13.0 Å². The van der Waals surface area contributed by atoms with Crippen LogP contribution in [0.4, 0.5) is 0 Å². The Balaban J connectivity index is 1.97. The van der Waals surface area contributed by atoms with Crippen LogP contribution in [-0.2, 0) is 16.1 Å². The highest BCUT2D eigenvalue weighted by molar-refractivity contribution is 5.76. The van der Waals surface area contributed by atoms with Gasteiger partial charge in [0.1, 0.15) is 6.54 Å². The molecular weight excluding hydrogens is 284 g/mol. The van der Waals surface area contributed by atoms with E-state index >= 15 is 0 Å². The molecule has 1 saturated heterocycles. The predicted molar refractivity (Wildman–Crippen MR) is 82.5 cm³/mol. The van der Waals surface area contributed by atoms with E-state index in [1.807, 2.05) is 6.92 Å². The fourth-order valence-electron chi connectivity index (χ4n) is 2.88. The second kappa shape index (κ2) is 7.07. The van der Waals surface area contributed by atoms with Gasteiger partial charge in [0.05, 0.1) is 5.60 Å². The molecule has 2 rings (SSSR count). The number of hydrogen-bond acceptors (Lipinski definition) is 4. The molecule has 0 aliphatic carbocycles. The topological polar surface area (TPSA) is 71.8 Å². The Labute approximate surface area is 130 Å². The maximum absolute atomic E-state index is 12.4. The summed E-state index contributed by atoms with van der Waals surface area (Å²) in [4.78, 5) is 25.7. The van der Waals surface area contributed by atoms with E-state index in [0.717, 1.165) is 0 Å². The first-order chi connectivity index (χ1) is 10.5. The molecule has 2 atom stereocenters. The van der Waals surface area contributed by atoms with Gasteiger partial charge in [-0.25, -0.2) is 0 Å². The fraction of sp³-hybridized carbons (Fsp3) is 0.625. The van der Waals surface area contributed by atoms with Crippen LogP contribution in [0.3, 0.4) is 0 Å². The number of hydrogen-bond donors (Lipinski definition) is 1. The Morgan fingerprint density at radius 1 is 1.50 bits per heavy atom. The highest BCUT2D eigenvalue weighted by atomic mass is 16.5. The molecule has 6 nitrogen and oxygen atoms in total. The summed E-state index contributed by atoms with van der Waals surface area (Å²) in [5, 5.41) is 10.6. The van der Waals surface area contributed by atoms with Crippen LogP contribution in [0, 0.1) is 5.92 Å². The maximum Gasteiger partial charge on any atom is 0.250 e. The van der Waals surface area contributed by atoms with Crippen LogP contribution < -0.4 is 5.56 Å². The lowest BCUT2D eigenvalue weighted by atomic mass is 9.80. The second-order valence-electron chi connectivity index (χ2n) is 6.00. The first-order valence-electron chi connectivity index (χ1n) is 7.61. The van der Waals surface area contributed by atoms with Gasteiger partial charge in [0, 0.05) is 45.0 Å². The summed E-state index contributed by atoms with van der Waals surface area (Å²) >= 11 is 0. The number of piperidine rings is 1. The van der Waals surface area contributed by atoms with E-state index in [9.17, 15) is 14.7 Å². The zero-order chi connectivity index (χ0) is 16.2. The van der Waals surface area contributed by atoms with Gasteiger partial charge in [0.2, 0.25) is 5.91 Å². The monoisotopic (exact) mass is 308 g/mol. The molecule has 1 aliphatic heterocycles. The van der Waals surface area contributed by atoms with Gasteiger partial charge in [-0.2, -0.15) is 0 Å². The van der Waals surface area contributed by atoms with Crippen LogP contribution in [-0.4, -0.2) is 52.9 Å². The summed E-state index contributed by atoms with van der Waals surface area (Å²) < 4.78 is 6.45. The molecule has 122 valence electrons. The number of ether oxygens (including phenoxy) is 1. The highest BCUT2D eigenvalue weighted by Crippen LogP contribution is 2.31. The van der Waals surface area contributed by atoms with Crippen molar-refractivity contribution < 1.29 is 14.6 Å². The van der Waals surface area contributed by atoms with Crippen molar-refractivity contribution in [2.24, 2.45) is 5.92 Å². The van der Waals surface area contributed by atoms with Crippen molar-refractivity contribution in [1.29, 1.82) is 0 Å². The minimum Gasteiger partial charge on any atom is -0.389 e. The standard InChI is InChI=1S/C16H24N2O4/c1-13-11-18(9-6-16(13,21)7-10-22-2)15(20)12-17-8-4-3-5-14(17)19/h3-5,8,13,21H,6-7,9-12H2,1-2H3/t13-,16-/m0/s1. The van der Waals surface area contributed by atoms with Crippen molar-refractivity contribution in [3.05, 3.63) is 34.7 Å². The van der Waals surface area contributed by atoms with Gasteiger partial charge in [-0.15, -0.1) is 0 Å².